The van der Waals surface area contributed by atoms with Gasteiger partial charge >= 0.3 is 5.97 Å². The summed E-state index contributed by atoms with van der Waals surface area (Å²) in [6, 6.07) is -0.323. The zero-order valence-corrected chi connectivity index (χ0v) is 14.3. The molecule has 1 aromatic heterocycles. The van der Waals surface area contributed by atoms with E-state index in [0.717, 1.165) is 30.8 Å². The van der Waals surface area contributed by atoms with Crippen LogP contribution in [0.2, 0.25) is 5.02 Å². The number of methoxy groups -OCH3 is 1. The molecule has 21 heavy (non-hydrogen) atoms. The van der Waals surface area contributed by atoms with Gasteiger partial charge in [-0.25, -0.2) is 0 Å². The Bertz CT molecular complexity index is 472. The van der Waals surface area contributed by atoms with Gasteiger partial charge in [0.25, 0.3) is 0 Å². The summed E-state index contributed by atoms with van der Waals surface area (Å²) in [5.74, 6) is 0.164. The molecule has 0 amide bonds. The van der Waals surface area contributed by atoms with Gasteiger partial charge in [0.15, 0.2) is 0 Å². The van der Waals surface area contributed by atoms with Crippen LogP contribution in [0.3, 0.4) is 0 Å². The molecule has 6 heteroatoms. The molecule has 0 radical (unpaired) electrons. The summed E-state index contributed by atoms with van der Waals surface area (Å²) in [4.78, 5) is 11.8. The van der Waals surface area contributed by atoms with Crippen LogP contribution in [-0.2, 0) is 29.0 Å². The van der Waals surface area contributed by atoms with E-state index in [1.54, 1.807) is 0 Å². The molecule has 1 unspecified atom stereocenters. The highest BCUT2D eigenvalue weighted by molar-refractivity contribution is 6.31. The maximum Gasteiger partial charge on any atom is 0.322 e. The number of hydrogen-bond acceptors (Lipinski definition) is 4. The number of halogens is 1. The van der Waals surface area contributed by atoms with Gasteiger partial charge in [0.2, 0.25) is 0 Å². The lowest BCUT2D eigenvalue weighted by Gasteiger charge is -2.18. The Morgan fingerprint density at radius 3 is 2.57 bits per heavy atom. The third kappa shape index (κ3) is 4.71. The maximum absolute atomic E-state index is 11.8. The fourth-order valence-corrected chi connectivity index (χ4v) is 2.62. The van der Waals surface area contributed by atoms with Crippen LogP contribution in [0, 0.1) is 5.92 Å². The first-order chi connectivity index (χ1) is 9.94. The first-order valence-electron chi connectivity index (χ1n) is 7.49. The van der Waals surface area contributed by atoms with Crippen molar-refractivity contribution < 1.29 is 9.53 Å². The van der Waals surface area contributed by atoms with E-state index in [1.165, 1.54) is 7.11 Å². The van der Waals surface area contributed by atoms with Gasteiger partial charge < -0.3 is 4.74 Å². The third-order valence-electron chi connectivity index (χ3n) is 3.40. The summed E-state index contributed by atoms with van der Waals surface area (Å²) in [5, 5.41) is 8.42. The van der Waals surface area contributed by atoms with Crippen molar-refractivity contribution in [3.8, 4) is 0 Å². The largest absolute Gasteiger partial charge is 0.468 e. The van der Waals surface area contributed by atoms with E-state index in [0.29, 0.717) is 17.5 Å². The van der Waals surface area contributed by atoms with E-state index in [-0.39, 0.29) is 12.0 Å². The Hall–Kier alpha value is -1.07. The van der Waals surface area contributed by atoms with Gasteiger partial charge in [-0.3, -0.25) is 14.8 Å². The molecule has 1 N–H and O–H groups in total. The molecule has 0 saturated heterocycles. The van der Waals surface area contributed by atoms with Crippen molar-refractivity contribution in [1.82, 2.24) is 15.1 Å². The summed E-state index contributed by atoms with van der Waals surface area (Å²) in [7, 11) is 1.41. The minimum absolute atomic E-state index is 0.238. The first-order valence-corrected chi connectivity index (χ1v) is 7.87. The van der Waals surface area contributed by atoms with Crippen LogP contribution >= 0.6 is 11.6 Å². The highest BCUT2D eigenvalue weighted by atomic mass is 35.5. The van der Waals surface area contributed by atoms with E-state index >= 15 is 0 Å². The van der Waals surface area contributed by atoms with E-state index in [1.807, 2.05) is 18.5 Å². The average molecular weight is 316 g/mol. The second-order valence-corrected chi connectivity index (χ2v) is 5.84. The smallest absolute Gasteiger partial charge is 0.322 e. The number of nitrogens with zero attached hydrogens (tertiary/aromatic N) is 2. The summed E-state index contributed by atoms with van der Waals surface area (Å²) in [6.45, 7) is 9.47. The molecular formula is C15H26ClN3O2. The number of esters is 1. The molecule has 0 saturated carbocycles. The normalized spacial score (nSPS) is 12.7. The van der Waals surface area contributed by atoms with Gasteiger partial charge in [-0.05, 0) is 25.7 Å². The zero-order valence-electron chi connectivity index (χ0n) is 13.6. The highest BCUT2D eigenvalue weighted by Crippen LogP contribution is 2.22. The van der Waals surface area contributed by atoms with Gasteiger partial charge in [-0.15, -0.1) is 0 Å². The van der Waals surface area contributed by atoms with Crippen LogP contribution in [0.25, 0.3) is 0 Å². The van der Waals surface area contributed by atoms with E-state index < -0.39 is 0 Å². The van der Waals surface area contributed by atoms with Crippen molar-refractivity contribution in [2.45, 2.75) is 59.7 Å². The summed E-state index contributed by atoms with van der Waals surface area (Å²) in [6.07, 6.45) is 1.52. The van der Waals surface area contributed by atoms with Gasteiger partial charge in [0.1, 0.15) is 6.04 Å². The van der Waals surface area contributed by atoms with Crippen molar-refractivity contribution in [1.29, 1.82) is 0 Å². The van der Waals surface area contributed by atoms with Gasteiger partial charge in [-0.2, -0.15) is 5.10 Å². The topological polar surface area (TPSA) is 56.2 Å². The van der Waals surface area contributed by atoms with Crippen molar-refractivity contribution in [3.63, 3.8) is 0 Å². The number of rotatable bonds is 8. The molecule has 0 fully saturated rings. The molecule has 0 spiro atoms. The molecule has 0 aliphatic heterocycles. The van der Waals surface area contributed by atoms with E-state index in [2.05, 4.69) is 24.3 Å². The fourth-order valence-electron chi connectivity index (χ4n) is 2.28. The molecule has 5 nitrogen and oxygen atoms in total. The van der Waals surface area contributed by atoms with Gasteiger partial charge in [-0.1, -0.05) is 32.4 Å². The predicted molar refractivity (Wildman–Crippen MR) is 84.4 cm³/mol. The maximum atomic E-state index is 11.8. The molecule has 120 valence electrons. The Labute approximate surface area is 132 Å². The second kappa shape index (κ2) is 8.39. The lowest BCUT2D eigenvalue weighted by Crippen LogP contribution is -2.38. The van der Waals surface area contributed by atoms with Gasteiger partial charge in [0.05, 0.1) is 23.5 Å². The first kappa shape index (κ1) is 18.0. The Balaban J connectivity index is 2.84. The second-order valence-electron chi connectivity index (χ2n) is 5.46. The predicted octanol–water partition coefficient (Wildman–Crippen LogP) is 2.80. The Morgan fingerprint density at radius 2 is 2.10 bits per heavy atom. The summed E-state index contributed by atoms with van der Waals surface area (Å²) >= 11 is 6.37. The molecule has 1 aromatic rings. The Morgan fingerprint density at radius 1 is 1.43 bits per heavy atom. The fraction of sp³-hybridized carbons (Fsp3) is 0.733. The standard InChI is InChI=1S/C15H26ClN3O2/c1-6-11-14(16)13(19(7-2)18-11)9-17-12(8-10(3)4)15(20)21-5/h10,12,17H,6-9H2,1-5H3. The van der Waals surface area contributed by atoms with Crippen LogP contribution in [0.1, 0.15) is 45.5 Å². The molecule has 0 aromatic carbocycles. The number of hydrogen-bond donors (Lipinski definition) is 1. The molecular weight excluding hydrogens is 290 g/mol. The van der Waals surface area contributed by atoms with Crippen LogP contribution < -0.4 is 5.32 Å². The number of aromatic nitrogens is 2. The van der Waals surface area contributed by atoms with E-state index in [4.69, 9.17) is 16.3 Å². The van der Waals surface area contributed by atoms with Gasteiger partial charge in [0, 0.05) is 13.1 Å². The minimum atomic E-state index is -0.323. The lowest BCUT2D eigenvalue weighted by molar-refractivity contribution is -0.143. The molecule has 0 bridgehead atoms. The summed E-state index contributed by atoms with van der Waals surface area (Å²) in [5.41, 5.74) is 1.82. The van der Waals surface area contributed by atoms with Crippen LogP contribution in [-0.4, -0.2) is 28.9 Å². The van der Waals surface area contributed by atoms with Crippen LogP contribution in [0.15, 0.2) is 0 Å². The van der Waals surface area contributed by atoms with Crippen molar-refractivity contribution in [3.05, 3.63) is 16.4 Å². The quantitative estimate of drug-likeness (QED) is 0.749. The van der Waals surface area contributed by atoms with Crippen molar-refractivity contribution in [2.75, 3.05) is 7.11 Å². The number of nitrogens with one attached hydrogen (secondary N) is 1. The third-order valence-corrected chi connectivity index (χ3v) is 3.84. The molecule has 1 atom stereocenters. The number of carbonyl (C=O) groups is 1. The Kier molecular flexibility index (Phi) is 7.18. The minimum Gasteiger partial charge on any atom is -0.468 e. The molecule has 0 aliphatic rings. The lowest BCUT2D eigenvalue weighted by atomic mass is 10.0. The van der Waals surface area contributed by atoms with Crippen LogP contribution in [0.4, 0.5) is 0 Å². The molecule has 1 rings (SSSR count). The van der Waals surface area contributed by atoms with E-state index in [9.17, 15) is 4.79 Å². The molecule has 1 heterocycles. The number of ether oxygens (including phenoxy) is 1. The zero-order chi connectivity index (χ0) is 16.0. The number of carbonyl (C=O) groups excluding carboxylic acids is 1. The average Bonchev–Trinajstić information content (AvgIpc) is 2.77. The van der Waals surface area contributed by atoms with Crippen LogP contribution in [0.5, 0.6) is 0 Å². The molecule has 0 aliphatic carbocycles. The SMILES string of the molecule is CCc1nn(CC)c(CNC(CC(C)C)C(=O)OC)c1Cl. The highest BCUT2D eigenvalue weighted by Gasteiger charge is 2.22. The van der Waals surface area contributed by atoms with Crippen molar-refractivity contribution >= 4 is 17.6 Å². The monoisotopic (exact) mass is 315 g/mol. The summed E-state index contributed by atoms with van der Waals surface area (Å²) < 4.78 is 6.74. The number of aryl methyl sites for hydroxylation is 2. The van der Waals surface area contributed by atoms with Crippen molar-refractivity contribution in [2.24, 2.45) is 5.92 Å².